The van der Waals surface area contributed by atoms with Gasteiger partial charge in [-0.25, -0.2) is 14.8 Å². The van der Waals surface area contributed by atoms with Crippen LogP contribution in [0.25, 0.3) is 10.8 Å². The van der Waals surface area contributed by atoms with Gasteiger partial charge >= 0.3 is 5.97 Å². The molecule has 3 rings (SSSR count). The van der Waals surface area contributed by atoms with E-state index in [0.717, 1.165) is 21.9 Å². The van der Waals surface area contributed by atoms with Crippen LogP contribution in [0.1, 0.15) is 17.2 Å². The molecule has 23 heavy (non-hydrogen) atoms. The van der Waals surface area contributed by atoms with Gasteiger partial charge in [0.05, 0.1) is 7.11 Å². The van der Waals surface area contributed by atoms with Crippen LogP contribution in [0.3, 0.4) is 0 Å². The number of nitrogens with one attached hydrogen (secondary N) is 1. The first-order valence-corrected chi connectivity index (χ1v) is 7.32. The molecule has 1 heterocycles. The van der Waals surface area contributed by atoms with E-state index in [9.17, 15) is 4.79 Å². The van der Waals surface area contributed by atoms with Crippen LogP contribution in [-0.4, -0.2) is 23.0 Å². The number of esters is 1. The molecule has 1 aromatic heterocycles. The van der Waals surface area contributed by atoms with Crippen molar-refractivity contribution in [2.75, 3.05) is 7.11 Å². The Balaban J connectivity index is 1.86. The minimum absolute atomic E-state index is 0.322. The molecule has 0 saturated carbocycles. The summed E-state index contributed by atoms with van der Waals surface area (Å²) in [7, 11) is 1.39. The van der Waals surface area contributed by atoms with Crippen molar-refractivity contribution < 1.29 is 9.53 Å². The molecule has 0 fully saturated rings. The number of ether oxygens (including phenoxy) is 1. The minimum atomic E-state index is -0.537. The standard InChI is InChI=1S/C18H17N3O2/c1-23-18(22)17(21-11-13-9-19-12-20-10-13)16-7-6-14-4-2-3-5-15(14)8-16/h2-10,12,17,21H,11H2,1H3/t17-/m1/s1. The summed E-state index contributed by atoms with van der Waals surface area (Å²) in [6.07, 6.45) is 4.91. The van der Waals surface area contributed by atoms with Crippen LogP contribution in [-0.2, 0) is 16.1 Å². The van der Waals surface area contributed by atoms with Gasteiger partial charge in [-0.1, -0.05) is 36.4 Å². The molecule has 0 aliphatic heterocycles. The summed E-state index contributed by atoms with van der Waals surface area (Å²) in [4.78, 5) is 20.1. The maximum absolute atomic E-state index is 12.2. The van der Waals surface area contributed by atoms with Crippen molar-refractivity contribution in [2.24, 2.45) is 0 Å². The quantitative estimate of drug-likeness (QED) is 0.734. The lowest BCUT2D eigenvalue weighted by atomic mass is 10.0. The van der Waals surface area contributed by atoms with E-state index >= 15 is 0 Å². The fraction of sp³-hybridized carbons (Fsp3) is 0.167. The smallest absolute Gasteiger partial charge is 0.327 e. The van der Waals surface area contributed by atoms with E-state index in [0.29, 0.717) is 6.54 Å². The molecule has 2 aromatic carbocycles. The Morgan fingerprint density at radius 2 is 1.87 bits per heavy atom. The Labute approximate surface area is 134 Å². The van der Waals surface area contributed by atoms with Crippen molar-refractivity contribution in [3.8, 4) is 0 Å². The summed E-state index contributed by atoms with van der Waals surface area (Å²) >= 11 is 0. The fourth-order valence-corrected chi connectivity index (χ4v) is 2.48. The van der Waals surface area contributed by atoms with Gasteiger partial charge in [0.2, 0.25) is 0 Å². The monoisotopic (exact) mass is 307 g/mol. The molecule has 0 aliphatic rings. The van der Waals surface area contributed by atoms with Gasteiger partial charge in [-0.05, 0) is 22.4 Å². The zero-order chi connectivity index (χ0) is 16.1. The van der Waals surface area contributed by atoms with Crippen LogP contribution in [0.15, 0.2) is 61.2 Å². The number of carbonyl (C=O) groups excluding carboxylic acids is 1. The molecule has 116 valence electrons. The molecule has 3 aromatic rings. The van der Waals surface area contributed by atoms with Crippen molar-refractivity contribution >= 4 is 16.7 Å². The van der Waals surface area contributed by atoms with E-state index < -0.39 is 6.04 Å². The summed E-state index contributed by atoms with van der Waals surface area (Å²) in [5.74, 6) is -0.322. The van der Waals surface area contributed by atoms with Gasteiger partial charge in [-0.2, -0.15) is 0 Å². The molecular formula is C18H17N3O2. The van der Waals surface area contributed by atoms with Crippen molar-refractivity contribution in [2.45, 2.75) is 12.6 Å². The average molecular weight is 307 g/mol. The number of fused-ring (bicyclic) bond motifs is 1. The van der Waals surface area contributed by atoms with Gasteiger partial charge in [-0.3, -0.25) is 5.32 Å². The Kier molecular flexibility index (Phi) is 4.59. The SMILES string of the molecule is COC(=O)[C@H](NCc1cncnc1)c1ccc2ccccc2c1. The lowest BCUT2D eigenvalue weighted by molar-refractivity contribution is -0.143. The number of carbonyl (C=O) groups is 1. The third-order valence-corrected chi connectivity index (χ3v) is 3.67. The van der Waals surface area contributed by atoms with Crippen LogP contribution in [0, 0.1) is 0 Å². The molecule has 0 bridgehead atoms. The predicted octanol–water partition coefficient (Wildman–Crippen LogP) is 2.63. The molecule has 1 N–H and O–H groups in total. The van der Waals surface area contributed by atoms with Crippen molar-refractivity contribution in [1.29, 1.82) is 0 Å². The van der Waals surface area contributed by atoms with Gasteiger partial charge in [0.1, 0.15) is 12.4 Å². The first-order chi connectivity index (χ1) is 11.3. The van der Waals surface area contributed by atoms with Crippen LogP contribution in [0.4, 0.5) is 0 Å². The van der Waals surface area contributed by atoms with Gasteiger partial charge in [-0.15, -0.1) is 0 Å². The molecule has 1 atom stereocenters. The number of aromatic nitrogens is 2. The molecule has 0 radical (unpaired) electrons. The van der Waals surface area contributed by atoms with Crippen molar-refractivity contribution in [3.63, 3.8) is 0 Å². The second-order valence-electron chi connectivity index (χ2n) is 5.19. The number of methoxy groups -OCH3 is 1. The summed E-state index contributed by atoms with van der Waals surface area (Å²) < 4.78 is 4.93. The van der Waals surface area contributed by atoms with E-state index in [1.54, 1.807) is 12.4 Å². The molecule has 0 unspecified atom stereocenters. The number of benzene rings is 2. The van der Waals surface area contributed by atoms with Crippen molar-refractivity contribution in [1.82, 2.24) is 15.3 Å². The summed E-state index contributed by atoms with van der Waals surface area (Å²) in [6.45, 7) is 0.480. The Hall–Kier alpha value is -2.79. The first-order valence-electron chi connectivity index (χ1n) is 7.32. The highest BCUT2D eigenvalue weighted by atomic mass is 16.5. The largest absolute Gasteiger partial charge is 0.468 e. The molecular weight excluding hydrogens is 290 g/mol. The summed E-state index contributed by atoms with van der Waals surface area (Å²) in [6, 6.07) is 13.5. The third-order valence-electron chi connectivity index (χ3n) is 3.67. The van der Waals surface area contributed by atoms with E-state index in [4.69, 9.17) is 4.74 Å². The highest BCUT2D eigenvalue weighted by Crippen LogP contribution is 2.21. The van der Waals surface area contributed by atoms with Gasteiger partial charge in [0.25, 0.3) is 0 Å². The molecule has 0 spiro atoms. The van der Waals surface area contributed by atoms with Crippen LogP contribution in [0.5, 0.6) is 0 Å². The Morgan fingerprint density at radius 1 is 1.13 bits per heavy atom. The van der Waals surface area contributed by atoms with Crippen molar-refractivity contribution in [3.05, 3.63) is 72.3 Å². The van der Waals surface area contributed by atoms with Crippen LogP contribution >= 0.6 is 0 Å². The zero-order valence-electron chi connectivity index (χ0n) is 12.8. The predicted molar refractivity (Wildman–Crippen MR) is 87.6 cm³/mol. The minimum Gasteiger partial charge on any atom is -0.468 e. The summed E-state index contributed by atoms with van der Waals surface area (Å²) in [5.41, 5.74) is 1.77. The normalized spacial score (nSPS) is 12.0. The molecule has 0 aliphatic carbocycles. The molecule has 0 amide bonds. The zero-order valence-corrected chi connectivity index (χ0v) is 12.8. The average Bonchev–Trinajstić information content (AvgIpc) is 2.62. The highest BCUT2D eigenvalue weighted by molar-refractivity contribution is 5.85. The van der Waals surface area contributed by atoms with E-state index in [-0.39, 0.29) is 5.97 Å². The lowest BCUT2D eigenvalue weighted by Crippen LogP contribution is -2.29. The fourth-order valence-electron chi connectivity index (χ4n) is 2.48. The second kappa shape index (κ2) is 6.98. The maximum atomic E-state index is 12.2. The Morgan fingerprint density at radius 3 is 2.61 bits per heavy atom. The van der Waals surface area contributed by atoms with Gasteiger partial charge < -0.3 is 4.74 Å². The number of hydrogen-bond acceptors (Lipinski definition) is 5. The third kappa shape index (κ3) is 3.52. The maximum Gasteiger partial charge on any atom is 0.327 e. The Bertz CT molecular complexity index is 805. The molecule has 5 nitrogen and oxygen atoms in total. The van der Waals surface area contributed by atoms with Crippen LogP contribution < -0.4 is 5.32 Å². The molecule has 5 heteroatoms. The topological polar surface area (TPSA) is 64.1 Å². The molecule has 0 saturated heterocycles. The van der Waals surface area contributed by atoms with E-state index in [1.165, 1.54) is 13.4 Å². The van der Waals surface area contributed by atoms with Gasteiger partial charge in [0, 0.05) is 24.5 Å². The van der Waals surface area contributed by atoms with E-state index in [1.807, 2.05) is 42.5 Å². The van der Waals surface area contributed by atoms with Gasteiger partial charge in [0.15, 0.2) is 0 Å². The van der Waals surface area contributed by atoms with E-state index in [2.05, 4.69) is 15.3 Å². The number of rotatable bonds is 5. The highest BCUT2D eigenvalue weighted by Gasteiger charge is 2.21. The lowest BCUT2D eigenvalue weighted by Gasteiger charge is -2.17. The number of hydrogen-bond donors (Lipinski definition) is 1. The summed E-state index contributed by atoms with van der Waals surface area (Å²) in [5, 5.41) is 5.44. The van der Waals surface area contributed by atoms with Crippen LogP contribution in [0.2, 0.25) is 0 Å². The second-order valence-corrected chi connectivity index (χ2v) is 5.19. The number of nitrogens with zero attached hydrogens (tertiary/aromatic N) is 2. The first kappa shape index (κ1) is 15.1.